The van der Waals surface area contributed by atoms with Gasteiger partial charge in [-0.25, -0.2) is 0 Å². The fourth-order valence-electron chi connectivity index (χ4n) is 1.10. The van der Waals surface area contributed by atoms with Crippen molar-refractivity contribution in [3.05, 3.63) is 0 Å². The van der Waals surface area contributed by atoms with E-state index in [9.17, 15) is 4.79 Å². The van der Waals surface area contributed by atoms with E-state index in [1.54, 1.807) is 11.8 Å². The molecule has 0 bridgehead atoms. The Morgan fingerprint density at radius 3 is 2.86 bits per heavy atom. The van der Waals surface area contributed by atoms with Crippen molar-refractivity contribution in [2.45, 2.75) is 39.2 Å². The largest absolute Gasteiger partial charge is 0.396 e. The smallest absolute Gasteiger partial charge is 0.230 e. The number of thioether (sulfide) groups is 1. The van der Waals surface area contributed by atoms with Crippen molar-refractivity contribution in [3.8, 4) is 0 Å². The molecule has 0 spiro atoms. The number of nitrogens with one attached hydrogen (secondary N) is 1. The van der Waals surface area contributed by atoms with Crippen LogP contribution in [-0.2, 0) is 4.79 Å². The molecular weight excluding hydrogens is 198 g/mol. The summed E-state index contributed by atoms with van der Waals surface area (Å²) < 4.78 is 0. The van der Waals surface area contributed by atoms with Gasteiger partial charge in [-0.2, -0.15) is 11.8 Å². The number of carbonyl (C=O) groups excluding carboxylic acids is 1. The zero-order valence-corrected chi connectivity index (χ0v) is 9.90. The number of aliphatic hydroxyl groups is 1. The monoisotopic (exact) mass is 219 g/mol. The van der Waals surface area contributed by atoms with E-state index < -0.39 is 0 Å². The third-order valence-corrected chi connectivity index (χ3v) is 2.95. The molecule has 0 aromatic heterocycles. The third-order valence-electron chi connectivity index (χ3n) is 1.78. The van der Waals surface area contributed by atoms with Crippen LogP contribution in [0.25, 0.3) is 0 Å². The van der Waals surface area contributed by atoms with Crippen molar-refractivity contribution in [1.29, 1.82) is 0 Å². The van der Waals surface area contributed by atoms with Crippen LogP contribution in [-0.4, -0.2) is 35.2 Å². The molecule has 0 radical (unpaired) electrons. The van der Waals surface area contributed by atoms with Gasteiger partial charge < -0.3 is 10.4 Å². The summed E-state index contributed by atoms with van der Waals surface area (Å²) in [5.74, 6) is 1.70. The Bertz CT molecular complexity index is 153. The lowest BCUT2D eigenvalue weighted by Crippen LogP contribution is -2.34. The average Bonchev–Trinajstić information content (AvgIpc) is 2.15. The van der Waals surface area contributed by atoms with E-state index in [2.05, 4.69) is 12.2 Å². The summed E-state index contributed by atoms with van der Waals surface area (Å²) in [6.45, 7) is 4.28. The standard InChI is InChI=1S/C10H21NO2S/c1-3-7-14-8-10(13)11-9(2)5-4-6-12/h9,12H,3-8H2,1-2H3,(H,11,13). The van der Waals surface area contributed by atoms with Crippen LogP contribution in [0.3, 0.4) is 0 Å². The highest BCUT2D eigenvalue weighted by atomic mass is 32.2. The molecule has 0 rings (SSSR count). The molecule has 2 N–H and O–H groups in total. The van der Waals surface area contributed by atoms with Crippen LogP contribution in [0.5, 0.6) is 0 Å². The van der Waals surface area contributed by atoms with E-state index in [1.807, 2.05) is 6.92 Å². The highest BCUT2D eigenvalue weighted by Crippen LogP contribution is 2.02. The van der Waals surface area contributed by atoms with Crippen LogP contribution in [0.15, 0.2) is 0 Å². The highest BCUT2D eigenvalue weighted by Gasteiger charge is 2.06. The Kier molecular flexibility index (Phi) is 9.19. The van der Waals surface area contributed by atoms with E-state index in [-0.39, 0.29) is 18.6 Å². The Morgan fingerprint density at radius 2 is 2.29 bits per heavy atom. The third kappa shape index (κ3) is 8.38. The van der Waals surface area contributed by atoms with Crippen molar-refractivity contribution in [2.24, 2.45) is 0 Å². The first-order chi connectivity index (χ1) is 6.70. The summed E-state index contributed by atoms with van der Waals surface area (Å²) in [6.07, 6.45) is 2.71. The topological polar surface area (TPSA) is 49.3 Å². The Hall–Kier alpha value is -0.220. The van der Waals surface area contributed by atoms with Crippen molar-refractivity contribution < 1.29 is 9.90 Å². The number of rotatable bonds is 8. The second-order valence-corrected chi connectivity index (χ2v) is 4.49. The van der Waals surface area contributed by atoms with Gasteiger partial charge in [0.25, 0.3) is 0 Å². The van der Waals surface area contributed by atoms with E-state index in [0.717, 1.165) is 25.0 Å². The summed E-state index contributed by atoms with van der Waals surface area (Å²) in [4.78, 5) is 11.3. The molecule has 1 amide bonds. The SMILES string of the molecule is CCCSCC(=O)NC(C)CCCO. The summed E-state index contributed by atoms with van der Waals surface area (Å²) >= 11 is 1.67. The first kappa shape index (κ1) is 13.8. The maximum absolute atomic E-state index is 11.3. The van der Waals surface area contributed by atoms with Gasteiger partial charge in [-0.05, 0) is 31.9 Å². The highest BCUT2D eigenvalue weighted by molar-refractivity contribution is 7.99. The van der Waals surface area contributed by atoms with Gasteiger partial charge in [0.1, 0.15) is 0 Å². The minimum atomic E-state index is 0.105. The maximum atomic E-state index is 11.3. The van der Waals surface area contributed by atoms with Gasteiger partial charge in [-0.3, -0.25) is 4.79 Å². The van der Waals surface area contributed by atoms with Crippen molar-refractivity contribution in [3.63, 3.8) is 0 Å². The molecule has 14 heavy (non-hydrogen) atoms. The summed E-state index contributed by atoms with van der Waals surface area (Å²) in [6, 6.07) is 0.178. The first-order valence-electron chi connectivity index (χ1n) is 5.18. The summed E-state index contributed by atoms with van der Waals surface area (Å²) in [5.41, 5.74) is 0. The van der Waals surface area contributed by atoms with Crippen molar-refractivity contribution >= 4 is 17.7 Å². The van der Waals surface area contributed by atoms with Crippen molar-refractivity contribution in [2.75, 3.05) is 18.1 Å². The molecule has 0 saturated carbocycles. The number of amides is 1. The van der Waals surface area contributed by atoms with Crippen LogP contribution in [0.2, 0.25) is 0 Å². The predicted octanol–water partition coefficient (Wildman–Crippen LogP) is 1.41. The molecule has 0 aliphatic rings. The van der Waals surface area contributed by atoms with Crippen LogP contribution in [0.1, 0.15) is 33.1 Å². The molecule has 1 atom stereocenters. The minimum Gasteiger partial charge on any atom is -0.396 e. The Balaban J connectivity index is 3.40. The quantitative estimate of drug-likeness (QED) is 0.607. The second-order valence-electron chi connectivity index (χ2n) is 3.39. The molecule has 84 valence electrons. The van der Waals surface area contributed by atoms with Gasteiger partial charge in [-0.1, -0.05) is 6.92 Å². The molecule has 3 nitrogen and oxygen atoms in total. The number of hydrogen-bond donors (Lipinski definition) is 2. The summed E-state index contributed by atoms with van der Waals surface area (Å²) in [5, 5.41) is 11.5. The van der Waals surface area contributed by atoms with Gasteiger partial charge in [0, 0.05) is 12.6 Å². The molecule has 0 aliphatic heterocycles. The molecule has 0 fully saturated rings. The van der Waals surface area contributed by atoms with E-state index >= 15 is 0 Å². The second kappa shape index (κ2) is 9.34. The lowest BCUT2D eigenvalue weighted by atomic mass is 10.2. The van der Waals surface area contributed by atoms with Crippen molar-refractivity contribution in [1.82, 2.24) is 5.32 Å². The van der Waals surface area contributed by atoms with Crippen LogP contribution < -0.4 is 5.32 Å². The van der Waals surface area contributed by atoms with Crippen LogP contribution >= 0.6 is 11.8 Å². The molecule has 0 saturated heterocycles. The lowest BCUT2D eigenvalue weighted by Gasteiger charge is -2.12. The average molecular weight is 219 g/mol. The van der Waals surface area contributed by atoms with Gasteiger partial charge >= 0.3 is 0 Å². The van der Waals surface area contributed by atoms with E-state index in [0.29, 0.717) is 5.75 Å². The van der Waals surface area contributed by atoms with Crippen LogP contribution in [0, 0.1) is 0 Å². The molecular formula is C10H21NO2S. The lowest BCUT2D eigenvalue weighted by molar-refractivity contribution is -0.119. The molecule has 0 heterocycles. The first-order valence-corrected chi connectivity index (χ1v) is 6.34. The van der Waals surface area contributed by atoms with Gasteiger partial charge in [0.2, 0.25) is 5.91 Å². The molecule has 4 heteroatoms. The molecule has 0 aromatic rings. The Morgan fingerprint density at radius 1 is 1.57 bits per heavy atom. The number of carbonyl (C=O) groups is 1. The molecule has 0 aliphatic carbocycles. The predicted molar refractivity (Wildman–Crippen MR) is 61.5 cm³/mol. The van der Waals surface area contributed by atoms with Gasteiger partial charge in [-0.15, -0.1) is 0 Å². The van der Waals surface area contributed by atoms with Gasteiger partial charge in [0.15, 0.2) is 0 Å². The van der Waals surface area contributed by atoms with Crippen LogP contribution in [0.4, 0.5) is 0 Å². The summed E-state index contributed by atoms with van der Waals surface area (Å²) in [7, 11) is 0. The number of aliphatic hydroxyl groups excluding tert-OH is 1. The zero-order chi connectivity index (χ0) is 10.8. The van der Waals surface area contributed by atoms with E-state index in [1.165, 1.54) is 0 Å². The zero-order valence-electron chi connectivity index (χ0n) is 9.08. The minimum absolute atomic E-state index is 0.105. The van der Waals surface area contributed by atoms with Gasteiger partial charge in [0.05, 0.1) is 5.75 Å². The number of hydrogen-bond acceptors (Lipinski definition) is 3. The molecule has 1 unspecified atom stereocenters. The normalized spacial score (nSPS) is 12.5. The Labute approximate surface area is 90.7 Å². The maximum Gasteiger partial charge on any atom is 0.230 e. The molecule has 0 aromatic carbocycles. The van der Waals surface area contributed by atoms with E-state index in [4.69, 9.17) is 5.11 Å². The fourth-order valence-corrected chi connectivity index (χ4v) is 1.80. The fraction of sp³-hybridized carbons (Fsp3) is 0.900.